The molecular weight excluding hydrogens is 651 g/mol. The lowest BCUT2D eigenvalue weighted by Gasteiger charge is -2.18. The van der Waals surface area contributed by atoms with Gasteiger partial charge in [-0.15, -0.1) is 0 Å². The second-order valence-corrected chi connectivity index (χ2v) is 12.9. The van der Waals surface area contributed by atoms with E-state index in [4.69, 9.17) is 32.9 Å². The van der Waals surface area contributed by atoms with E-state index in [0.29, 0.717) is 38.2 Å². The number of fused-ring (bicyclic) bond motifs is 2. The Morgan fingerprint density at radius 3 is 2.54 bits per heavy atom. The number of carbonyl (C=O) groups is 1. The number of nitrogens with zero attached hydrogens (tertiary/aromatic N) is 4. The molecular formula is C35H34Cl2N8O3. The molecule has 4 N–H and O–H groups in total. The molecule has 48 heavy (non-hydrogen) atoms. The summed E-state index contributed by atoms with van der Waals surface area (Å²) in [6, 6.07) is 15.3. The van der Waals surface area contributed by atoms with Crippen LogP contribution in [0, 0.1) is 0 Å². The number of nitrogens with one attached hydrogen (secondary N) is 4. The monoisotopic (exact) mass is 684 g/mol. The standard InChI is InChI=1S/C29H23Cl2N5O2.C6H11N3O/c1-36-29(37)24-17(15-33-36)12-13-32-27(24)34-22-11-5-9-20(26(22)31)19-8-4-10-21(25(19)30)23-14-16-6-3-7-18(16)28(35-23)38-2;10-5-8-4-6(9-5)1-2-7-3-6/h4-5,8-15H,3,6-7H2,1-2H3,(H,32,34);7H,1-4H2,(H2,8,9,10). The van der Waals surface area contributed by atoms with Gasteiger partial charge in [0.05, 0.1) is 45.7 Å². The first-order chi connectivity index (χ1) is 23.3. The molecule has 3 aliphatic rings. The number of hydrogen-bond donors (Lipinski definition) is 4. The summed E-state index contributed by atoms with van der Waals surface area (Å²) in [6.45, 7) is 2.70. The van der Waals surface area contributed by atoms with Crippen molar-refractivity contribution in [2.45, 2.75) is 31.2 Å². The summed E-state index contributed by atoms with van der Waals surface area (Å²) >= 11 is 13.9. The minimum atomic E-state index is -0.251. The molecule has 2 aromatic carbocycles. The Labute approximate surface area is 287 Å². The SMILES string of the molecule is COc1nc(-c2cccc(-c3cccc(Nc4nccc5cnn(C)c(=O)c45)c3Cl)c2Cl)cc2c1CCC2.O=C1NCC2(CCNC2)N1. The molecule has 0 saturated carbocycles. The summed E-state index contributed by atoms with van der Waals surface area (Å²) in [5.41, 5.74) is 5.90. The Morgan fingerprint density at radius 1 is 1.00 bits per heavy atom. The molecule has 0 radical (unpaired) electrons. The first-order valence-corrected chi connectivity index (χ1v) is 16.5. The van der Waals surface area contributed by atoms with Gasteiger partial charge in [-0.05, 0) is 56.0 Å². The fourth-order valence-corrected chi connectivity index (χ4v) is 7.20. The number of amides is 2. The van der Waals surface area contributed by atoms with Crippen molar-refractivity contribution in [1.82, 2.24) is 35.7 Å². The smallest absolute Gasteiger partial charge is 0.315 e. The Hall–Kier alpha value is -4.71. The number of carbonyl (C=O) groups excluding carboxylic acids is 1. The zero-order valence-corrected chi connectivity index (χ0v) is 28.0. The van der Waals surface area contributed by atoms with Gasteiger partial charge < -0.3 is 26.0 Å². The molecule has 2 amide bonds. The van der Waals surface area contributed by atoms with E-state index >= 15 is 0 Å². The minimum absolute atomic E-state index is 0.0244. The highest BCUT2D eigenvalue weighted by atomic mass is 35.5. The van der Waals surface area contributed by atoms with Crippen molar-refractivity contribution in [3.05, 3.63) is 92.5 Å². The van der Waals surface area contributed by atoms with Crippen LogP contribution in [0.2, 0.25) is 10.0 Å². The molecule has 1 unspecified atom stereocenters. The molecule has 13 heteroatoms. The van der Waals surface area contributed by atoms with Crippen molar-refractivity contribution in [2.24, 2.45) is 7.05 Å². The molecule has 3 aromatic heterocycles. The summed E-state index contributed by atoms with van der Waals surface area (Å²) in [4.78, 5) is 32.7. The maximum atomic E-state index is 12.8. The van der Waals surface area contributed by atoms with Crippen LogP contribution in [-0.4, -0.2) is 58.1 Å². The van der Waals surface area contributed by atoms with E-state index in [-0.39, 0.29) is 17.1 Å². The van der Waals surface area contributed by atoms with Crippen LogP contribution in [0.25, 0.3) is 33.2 Å². The first-order valence-electron chi connectivity index (χ1n) is 15.8. The molecule has 5 aromatic rings. The van der Waals surface area contributed by atoms with Crippen LogP contribution in [0.1, 0.15) is 24.0 Å². The predicted molar refractivity (Wildman–Crippen MR) is 189 cm³/mol. The highest BCUT2D eigenvalue weighted by molar-refractivity contribution is 6.39. The third kappa shape index (κ3) is 5.93. The van der Waals surface area contributed by atoms with E-state index in [1.807, 2.05) is 36.4 Å². The van der Waals surface area contributed by atoms with Crippen molar-refractivity contribution in [3.63, 3.8) is 0 Å². The zero-order valence-electron chi connectivity index (χ0n) is 26.5. The third-order valence-corrected chi connectivity index (χ3v) is 9.95. The highest BCUT2D eigenvalue weighted by Crippen LogP contribution is 2.43. The second kappa shape index (κ2) is 13.1. The molecule has 8 rings (SSSR count). The quantitative estimate of drug-likeness (QED) is 0.187. The van der Waals surface area contributed by atoms with Gasteiger partial charge in [0, 0.05) is 54.0 Å². The van der Waals surface area contributed by atoms with Crippen LogP contribution in [0.3, 0.4) is 0 Å². The summed E-state index contributed by atoms with van der Waals surface area (Å²) in [7, 11) is 3.25. The van der Waals surface area contributed by atoms with E-state index in [1.165, 1.54) is 15.8 Å². The van der Waals surface area contributed by atoms with Gasteiger partial charge in [-0.1, -0.05) is 53.5 Å². The number of aromatic nitrogens is 4. The fraction of sp³-hybridized carbons (Fsp3) is 0.286. The van der Waals surface area contributed by atoms with Gasteiger partial charge in [0.2, 0.25) is 5.88 Å². The fourth-order valence-electron chi connectivity index (χ4n) is 6.60. The lowest BCUT2D eigenvalue weighted by molar-refractivity contribution is 0.245. The molecule has 11 nitrogen and oxygen atoms in total. The highest BCUT2D eigenvalue weighted by Gasteiger charge is 2.39. The lowest BCUT2D eigenvalue weighted by atomic mass is 9.99. The average Bonchev–Trinajstić information content (AvgIpc) is 3.85. The van der Waals surface area contributed by atoms with Gasteiger partial charge in [0.15, 0.2) is 0 Å². The topological polar surface area (TPSA) is 135 Å². The van der Waals surface area contributed by atoms with Crippen molar-refractivity contribution in [3.8, 4) is 28.3 Å². The Balaban J connectivity index is 0.000000310. The van der Waals surface area contributed by atoms with Crippen LogP contribution in [0.4, 0.5) is 16.3 Å². The zero-order chi connectivity index (χ0) is 33.4. The number of halogens is 2. The number of anilines is 2. The van der Waals surface area contributed by atoms with Crippen molar-refractivity contribution in [1.29, 1.82) is 0 Å². The summed E-state index contributed by atoms with van der Waals surface area (Å²) in [5, 5.41) is 18.4. The minimum Gasteiger partial charge on any atom is -0.481 e. The van der Waals surface area contributed by atoms with Crippen molar-refractivity contribution < 1.29 is 9.53 Å². The first kappa shape index (κ1) is 31.9. The van der Waals surface area contributed by atoms with Crippen molar-refractivity contribution in [2.75, 3.05) is 32.1 Å². The molecule has 1 spiro atoms. The second-order valence-electron chi connectivity index (χ2n) is 12.2. The maximum Gasteiger partial charge on any atom is 0.315 e. The van der Waals surface area contributed by atoms with Crippen LogP contribution in [-0.2, 0) is 19.9 Å². The number of methoxy groups -OCH3 is 1. The molecule has 2 fully saturated rings. The Kier molecular flexibility index (Phi) is 8.67. The van der Waals surface area contributed by atoms with Crippen LogP contribution in [0.15, 0.2) is 65.7 Å². The van der Waals surface area contributed by atoms with E-state index < -0.39 is 0 Å². The number of urea groups is 1. The molecule has 246 valence electrons. The number of pyridine rings is 2. The number of aryl methyl sites for hydroxylation is 2. The maximum absolute atomic E-state index is 12.8. The summed E-state index contributed by atoms with van der Waals surface area (Å²) in [6.07, 6.45) is 7.37. The number of hydrogen-bond acceptors (Lipinski definition) is 8. The van der Waals surface area contributed by atoms with Crippen LogP contribution in [0.5, 0.6) is 5.88 Å². The summed E-state index contributed by atoms with van der Waals surface area (Å²) < 4.78 is 6.87. The Bertz CT molecular complexity index is 2110. The third-order valence-electron chi connectivity index (χ3n) is 9.13. The molecule has 2 aliphatic heterocycles. The lowest BCUT2D eigenvalue weighted by Crippen LogP contribution is -2.45. The largest absolute Gasteiger partial charge is 0.481 e. The molecule has 1 atom stereocenters. The van der Waals surface area contributed by atoms with E-state index in [9.17, 15) is 9.59 Å². The number of ether oxygens (including phenoxy) is 1. The Morgan fingerprint density at radius 2 is 1.79 bits per heavy atom. The van der Waals surface area contributed by atoms with Gasteiger partial charge in [0.25, 0.3) is 5.56 Å². The normalized spacial score (nSPS) is 17.9. The van der Waals surface area contributed by atoms with Gasteiger partial charge >= 0.3 is 6.03 Å². The number of rotatable bonds is 5. The van der Waals surface area contributed by atoms with Gasteiger partial charge in [-0.25, -0.2) is 19.4 Å². The van der Waals surface area contributed by atoms with Gasteiger partial charge in [0.1, 0.15) is 5.82 Å². The van der Waals surface area contributed by atoms with E-state index in [2.05, 4.69) is 37.4 Å². The van der Waals surface area contributed by atoms with Gasteiger partial charge in [-0.3, -0.25) is 4.79 Å². The van der Waals surface area contributed by atoms with E-state index in [0.717, 1.165) is 67.7 Å². The molecule has 2 saturated heterocycles. The number of benzene rings is 2. The van der Waals surface area contributed by atoms with Crippen LogP contribution >= 0.6 is 23.2 Å². The predicted octanol–water partition coefficient (Wildman–Crippen LogP) is 5.64. The van der Waals surface area contributed by atoms with Crippen molar-refractivity contribution >= 4 is 51.5 Å². The molecule has 0 bridgehead atoms. The van der Waals surface area contributed by atoms with E-state index in [1.54, 1.807) is 32.6 Å². The van der Waals surface area contributed by atoms with Gasteiger partial charge in [-0.2, -0.15) is 5.10 Å². The molecule has 5 heterocycles. The summed E-state index contributed by atoms with van der Waals surface area (Å²) in [5.74, 6) is 1.06. The average molecular weight is 686 g/mol. The van der Waals surface area contributed by atoms with Crippen LogP contribution < -0.4 is 31.6 Å². The molecule has 1 aliphatic carbocycles.